The van der Waals surface area contributed by atoms with Crippen LogP contribution < -0.4 is 14.8 Å². The Morgan fingerprint density at radius 2 is 1.87 bits per heavy atom. The molecule has 2 aromatic rings. The quantitative estimate of drug-likeness (QED) is 0.841. The molecule has 1 heterocycles. The van der Waals surface area contributed by atoms with E-state index in [1.165, 1.54) is 6.20 Å². The lowest BCUT2D eigenvalue weighted by molar-refractivity contribution is 0.0955. The number of carbonyl (C=O) groups excluding carboxylic acids is 1. The summed E-state index contributed by atoms with van der Waals surface area (Å²) < 4.78 is 30.1. The first-order valence-electron chi connectivity index (χ1n) is 6.87. The number of hydrogen-bond acceptors (Lipinski definition) is 5. The molecule has 1 aromatic carbocycles. The number of nitrogens with zero attached hydrogens (tertiary/aromatic N) is 1. The Bertz CT molecular complexity index is 771. The van der Waals surface area contributed by atoms with Gasteiger partial charge in [-0.1, -0.05) is 0 Å². The summed E-state index contributed by atoms with van der Waals surface area (Å²) in [5.41, 5.74) is 0.895. The van der Waals surface area contributed by atoms with E-state index in [1.54, 1.807) is 36.4 Å². The molecule has 0 saturated heterocycles. The van der Waals surface area contributed by atoms with Crippen LogP contribution in [0.15, 0.2) is 42.6 Å². The highest BCUT2D eigenvalue weighted by Gasteiger charge is 2.06. The van der Waals surface area contributed by atoms with E-state index in [-0.39, 0.29) is 5.91 Å². The van der Waals surface area contributed by atoms with Crippen LogP contribution in [0.1, 0.15) is 17.3 Å². The van der Waals surface area contributed by atoms with Gasteiger partial charge in [-0.3, -0.25) is 9.52 Å². The van der Waals surface area contributed by atoms with Crippen molar-refractivity contribution in [2.24, 2.45) is 0 Å². The zero-order chi connectivity index (χ0) is 16.9. The third kappa shape index (κ3) is 5.26. The fraction of sp³-hybridized carbons (Fsp3) is 0.200. The zero-order valence-corrected chi connectivity index (χ0v) is 13.6. The highest BCUT2D eigenvalue weighted by Crippen LogP contribution is 2.21. The van der Waals surface area contributed by atoms with Crippen LogP contribution in [-0.2, 0) is 10.0 Å². The minimum absolute atomic E-state index is 0.192. The summed E-state index contributed by atoms with van der Waals surface area (Å²) in [6.07, 6.45) is 2.51. The summed E-state index contributed by atoms with van der Waals surface area (Å²) in [5, 5.41) is 2.68. The van der Waals surface area contributed by atoms with Crippen molar-refractivity contribution in [3.8, 4) is 11.6 Å². The highest BCUT2D eigenvalue weighted by molar-refractivity contribution is 7.92. The van der Waals surface area contributed by atoms with Crippen molar-refractivity contribution in [1.29, 1.82) is 0 Å². The summed E-state index contributed by atoms with van der Waals surface area (Å²) >= 11 is 0. The van der Waals surface area contributed by atoms with E-state index in [0.717, 1.165) is 6.26 Å². The van der Waals surface area contributed by atoms with Crippen LogP contribution in [0.4, 0.5) is 5.69 Å². The molecule has 0 bridgehead atoms. The van der Waals surface area contributed by atoms with Crippen LogP contribution in [0, 0.1) is 0 Å². The smallest absolute Gasteiger partial charge is 0.252 e. The second-order valence-electron chi connectivity index (χ2n) is 4.75. The molecule has 23 heavy (non-hydrogen) atoms. The van der Waals surface area contributed by atoms with Crippen LogP contribution in [0.2, 0.25) is 0 Å². The summed E-state index contributed by atoms with van der Waals surface area (Å²) in [6.45, 7) is 2.38. The van der Waals surface area contributed by atoms with E-state index in [4.69, 9.17) is 4.74 Å². The third-order valence-corrected chi connectivity index (χ3v) is 3.32. The lowest BCUT2D eigenvalue weighted by Gasteiger charge is -2.07. The molecule has 0 saturated carbocycles. The van der Waals surface area contributed by atoms with E-state index in [2.05, 4.69) is 15.0 Å². The number of ether oxygens (including phenoxy) is 1. The molecule has 0 spiro atoms. The second-order valence-corrected chi connectivity index (χ2v) is 6.49. The van der Waals surface area contributed by atoms with Gasteiger partial charge in [-0.05, 0) is 37.3 Å². The maximum Gasteiger partial charge on any atom is 0.252 e. The van der Waals surface area contributed by atoms with Crippen LogP contribution >= 0.6 is 0 Å². The largest absolute Gasteiger partial charge is 0.439 e. The maximum atomic E-state index is 11.6. The van der Waals surface area contributed by atoms with E-state index >= 15 is 0 Å². The number of amides is 1. The van der Waals surface area contributed by atoms with Crippen molar-refractivity contribution in [3.63, 3.8) is 0 Å². The molecule has 0 fully saturated rings. The van der Waals surface area contributed by atoms with Gasteiger partial charge in [0.2, 0.25) is 15.9 Å². The molecule has 8 heteroatoms. The molecule has 7 nitrogen and oxygen atoms in total. The van der Waals surface area contributed by atoms with Gasteiger partial charge in [0.1, 0.15) is 5.75 Å². The van der Waals surface area contributed by atoms with E-state index in [9.17, 15) is 13.2 Å². The van der Waals surface area contributed by atoms with Crippen LogP contribution in [0.25, 0.3) is 0 Å². The van der Waals surface area contributed by atoms with Gasteiger partial charge < -0.3 is 10.1 Å². The SMILES string of the molecule is CCNC(=O)c1ccc(Oc2ccc(NS(C)(=O)=O)cc2)nc1. The molecule has 1 amide bonds. The first kappa shape index (κ1) is 16.8. The Kier molecular flexibility index (Phi) is 5.17. The molecule has 0 aliphatic rings. The molecule has 0 aliphatic heterocycles. The normalized spacial score (nSPS) is 10.9. The fourth-order valence-electron chi connectivity index (χ4n) is 1.76. The van der Waals surface area contributed by atoms with Crippen LogP contribution in [0.5, 0.6) is 11.6 Å². The van der Waals surface area contributed by atoms with Crippen molar-refractivity contribution in [2.45, 2.75) is 6.92 Å². The lowest BCUT2D eigenvalue weighted by atomic mass is 10.2. The van der Waals surface area contributed by atoms with Gasteiger partial charge in [-0.25, -0.2) is 13.4 Å². The molecular weight excluding hydrogens is 318 g/mol. The van der Waals surface area contributed by atoms with Gasteiger partial charge in [0.05, 0.1) is 11.8 Å². The minimum atomic E-state index is -3.31. The molecule has 122 valence electrons. The average molecular weight is 335 g/mol. The molecule has 2 N–H and O–H groups in total. The number of anilines is 1. The predicted molar refractivity (Wildman–Crippen MR) is 87.2 cm³/mol. The van der Waals surface area contributed by atoms with Crippen molar-refractivity contribution in [1.82, 2.24) is 10.3 Å². The molecule has 0 radical (unpaired) electrons. The topological polar surface area (TPSA) is 97.4 Å². The average Bonchev–Trinajstić information content (AvgIpc) is 2.49. The molecule has 0 atom stereocenters. The van der Waals surface area contributed by atoms with Crippen molar-refractivity contribution >= 4 is 21.6 Å². The van der Waals surface area contributed by atoms with Crippen molar-refractivity contribution in [2.75, 3.05) is 17.5 Å². The van der Waals surface area contributed by atoms with E-state index in [1.807, 2.05) is 6.92 Å². The third-order valence-electron chi connectivity index (χ3n) is 2.72. The van der Waals surface area contributed by atoms with Gasteiger partial charge in [-0.2, -0.15) is 0 Å². The summed E-state index contributed by atoms with van der Waals surface area (Å²) in [7, 11) is -3.31. The van der Waals surface area contributed by atoms with E-state index < -0.39 is 10.0 Å². The number of hydrogen-bond donors (Lipinski definition) is 2. The maximum absolute atomic E-state index is 11.6. The highest BCUT2D eigenvalue weighted by atomic mass is 32.2. The standard InChI is InChI=1S/C15H17N3O4S/c1-3-16-15(19)11-4-9-14(17-10-11)22-13-7-5-12(6-8-13)18-23(2,20)21/h4-10,18H,3H2,1-2H3,(H,16,19). The first-order valence-corrected chi connectivity index (χ1v) is 8.76. The number of carbonyl (C=O) groups is 1. The molecule has 0 unspecified atom stereocenters. The Labute approximate surface area is 134 Å². The Morgan fingerprint density at radius 1 is 1.17 bits per heavy atom. The van der Waals surface area contributed by atoms with Crippen LogP contribution in [-0.4, -0.2) is 32.1 Å². The lowest BCUT2D eigenvalue weighted by Crippen LogP contribution is -2.22. The summed E-state index contributed by atoms with van der Waals surface area (Å²) in [6, 6.07) is 9.61. The zero-order valence-electron chi connectivity index (χ0n) is 12.7. The van der Waals surface area contributed by atoms with Gasteiger partial charge in [0.25, 0.3) is 5.91 Å². The van der Waals surface area contributed by atoms with Gasteiger partial charge in [0.15, 0.2) is 0 Å². The first-order chi connectivity index (χ1) is 10.9. The number of aromatic nitrogens is 1. The monoisotopic (exact) mass is 335 g/mol. The summed E-state index contributed by atoms with van der Waals surface area (Å²) in [5.74, 6) is 0.645. The Hall–Kier alpha value is -2.61. The second kappa shape index (κ2) is 7.10. The minimum Gasteiger partial charge on any atom is -0.439 e. The molecule has 2 rings (SSSR count). The fourth-order valence-corrected chi connectivity index (χ4v) is 2.33. The molecule has 1 aromatic heterocycles. The van der Waals surface area contributed by atoms with Crippen molar-refractivity contribution < 1.29 is 17.9 Å². The van der Waals surface area contributed by atoms with Gasteiger partial charge >= 0.3 is 0 Å². The summed E-state index contributed by atoms with van der Waals surface area (Å²) in [4.78, 5) is 15.7. The Morgan fingerprint density at radius 3 is 2.39 bits per heavy atom. The van der Waals surface area contributed by atoms with Gasteiger partial charge in [0, 0.05) is 24.5 Å². The number of rotatable bonds is 6. The predicted octanol–water partition coefficient (Wildman–Crippen LogP) is 2.00. The number of sulfonamides is 1. The molecule has 0 aliphatic carbocycles. The number of benzene rings is 1. The Balaban J connectivity index is 2.03. The molecular formula is C15H17N3O4S. The van der Waals surface area contributed by atoms with Crippen molar-refractivity contribution in [3.05, 3.63) is 48.2 Å². The van der Waals surface area contributed by atoms with E-state index in [0.29, 0.717) is 29.4 Å². The number of pyridine rings is 1. The van der Waals surface area contributed by atoms with Crippen LogP contribution in [0.3, 0.4) is 0 Å². The van der Waals surface area contributed by atoms with Gasteiger partial charge in [-0.15, -0.1) is 0 Å². The number of nitrogens with one attached hydrogen (secondary N) is 2.